The van der Waals surface area contributed by atoms with Crippen LogP contribution in [0.3, 0.4) is 0 Å². The van der Waals surface area contributed by atoms with Gasteiger partial charge >= 0.3 is 0 Å². The molecule has 0 spiro atoms. The fourth-order valence-electron chi connectivity index (χ4n) is 3.46. The van der Waals surface area contributed by atoms with Gasteiger partial charge in [-0.1, -0.05) is 30.3 Å². The van der Waals surface area contributed by atoms with Crippen molar-refractivity contribution in [2.24, 2.45) is 0 Å². The van der Waals surface area contributed by atoms with Gasteiger partial charge in [-0.2, -0.15) is 5.26 Å². The Hall–Kier alpha value is -3.30. The normalized spacial score (nSPS) is 13.7. The number of piperazine rings is 1. The second-order valence-electron chi connectivity index (χ2n) is 7.06. The zero-order chi connectivity index (χ0) is 20.8. The number of nitrogens with zero attached hydrogens (tertiary/aromatic N) is 4. The maximum Gasteiger partial charge on any atom is 0.255 e. The van der Waals surface area contributed by atoms with E-state index < -0.39 is 0 Å². The third-order valence-electron chi connectivity index (χ3n) is 5.13. The summed E-state index contributed by atoms with van der Waals surface area (Å²) in [5, 5.41) is 8.94. The highest BCUT2D eigenvalue weighted by Crippen LogP contribution is 2.28. The third kappa shape index (κ3) is 4.64. The lowest BCUT2D eigenvalue weighted by atomic mass is 10.1. The van der Waals surface area contributed by atoms with Crippen molar-refractivity contribution in [2.75, 3.05) is 31.1 Å². The number of amides is 1. The van der Waals surface area contributed by atoms with E-state index in [0.29, 0.717) is 18.7 Å². The molecule has 30 heavy (non-hydrogen) atoms. The number of carbonyl (C=O) groups excluding carboxylic acids is 1. The number of hydrogen-bond acceptors (Lipinski definition) is 5. The van der Waals surface area contributed by atoms with E-state index in [1.807, 2.05) is 71.6 Å². The molecule has 0 saturated carbocycles. The third-order valence-corrected chi connectivity index (χ3v) is 6.28. The van der Waals surface area contributed by atoms with E-state index in [4.69, 9.17) is 5.26 Å². The molecule has 0 N–H and O–H groups in total. The highest BCUT2D eigenvalue weighted by Gasteiger charge is 2.24. The van der Waals surface area contributed by atoms with E-state index in [1.165, 1.54) is 0 Å². The summed E-state index contributed by atoms with van der Waals surface area (Å²) >= 11 is 1.65. The lowest BCUT2D eigenvalue weighted by Gasteiger charge is -2.35. The van der Waals surface area contributed by atoms with Crippen molar-refractivity contribution in [1.29, 1.82) is 5.26 Å². The topological polar surface area (TPSA) is 60.2 Å². The lowest BCUT2D eigenvalue weighted by Crippen LogP contribution is -2.49. The summed E-state index contributed by atoms with van der Waals surface area (Å²) in [6.07, 6.45) is 1.80. The van der Waals surface area contributed by atoms with Crippen LogP contribution in [-0.2, 0) is 5.75 Å². The van der Waals surface area contributed by atoms with Gasteiger partial charge in [-0.15, -0.1) is 11.8 Å². The second kappa shape index (κ2) is 9.47. The molecule has 2 aromatic carbocycles. The largest absolute Gasteiger partial charge is 0.353 e. The van der Waals surface area contributed by atoms with Crippen molar-refractivity contribution >= 4 is 23.5 Å². The fourth-order valence-corrected chi connectivity index (χ4v) is 4.46. The van der Waals surface area contributed by atoms with Crippen molar-refractivity contribution in [3.05, 3.63) is 89.6 Å². The smallest absolute Gasteiger partial charge is 0.255 e. The molecule has 5 nitrogen and oxygen atoms in total. The number of aromatic nitrogens is 1. The maximum absolute atomic E-state index is 13.2. The average Bonchev–Trinajstić information content (AvgIpc) is 2.83. The summed E-state index contributed by atoms with van der Waals surface area (Å²) in [7, 11) is 0. The van der Waals surface area contributed by atoms with Crippen LogP contribution in [0.2, 0.25) is 0 Å². The predicted octanol–water partition coefficient (Wildman–Crippen LogP) is 4.21. The van der Waals surface area contributed by atoms with E-state index >= 15 is 0 Å². The zero-order valence-electron chi connectivity index (χ0n) is 16.6. The Morgan fingerprint density at radius 3 is 2.40 bits per heavy atom. The van der Waals surface area contributed by atoms with Gasteiger partial charge < -0.3 is 9.80 Å². The van der Waals surface area contributed by atoms with Crippen LogP contribution in [0.1, 0.15) is 21.5 Å². The first-order valence-corrected chi connectivity index (χ1v) is 10.9. The van der Waals surface area contributed by atoms with Crippen LogP contribution in [-0.4, -0.2) is 42.0 Å². The Morgan fingerprint density at radius 1 is 0.967 bits per heavy atom. The van der Waals surface area contributed by atoms with E-state index in [1.54, 1.807) is 18.0 Å². The Bertz CT molecular complexity index is 1040. The van der Waals surface area contributed by atoms with Crippen LogP contribution >= 0.6 is 11.8 Å². The molecule has 6 heteroatoms. The number of hydrogen-bond donors (Lipinski definition) is 0. The summed E-state index contributed by atoms with van der Waals surface area (Å²) in [5.74, 6) is 1.80. The van der Waals surface area contributed by atoms with Crippen LogP contribution in [0.25, 0.3) is 0 Å². The predicted molar refractivity (Wildman–Crippen MR) is 120 cm³/mol. The Labute approximate surface area is 181 Å². The van der Waals surface area contributed by atoms with Crippen molar-refractivity contribution in [3.8, 4) is 6.07 Å². The fraction of sp³-hybridized carbons (Fsp3) is 0.208. The molecule has 0 aliphatic carbocycles. The van der Waals surface area contributed by atoms with Gasteiger partial charge in [0.1, 0.15) is 5.82 Å². The number of pyridine rings is 1. The molecule has 1 aliphatic rings. The Balaban J connectivity index is 1.40. The molecule has 2 heterocycles. The van der Waals surface area contributed by atoms with E-state index in [2.05, 4.69) is 16.0 Å². The van der Waals surface area contributed by atoms with Gasteiger partial charge in [0.05, 0.1) is 17.2 Å². The van der Waals surface area contributed by atoms with E-state index in [-0.39, 0.29) is 5.91 Å². The molecule has 1 aliphatic heterocycles. The van der Waals surface area contributed by atoms with Gasteiger partial charge in [-0.05, 0) is 42.0 Å². The maximum atomic E-state index is 13.2. The highest BCUT2D eigenvalue weighted by molar-refractivity contribution is 7.98. The average molecular weight is 415 g/mol. The summed E-state index contributed by atoms with van der Waals surface area (Å²) in [5.41, 5.74) is 2.54. The summed E-state index contributed by atoms with van der Waals surface area (Å²) in [6, 6.07) is 23.4. The van der Waals surface area contributed by atoms with Crippen LogP contribution in [0.15, 0.2) is 77.8 Å². The van der Waals surface area contributed by atoms with Crippen molar-refractivity contribution in [3.63, 3.8) is 0 Å². The molecule has 3 aromatic rings. The minimum absolute atomic E-state index is 0.0820. The minimum atomic E-state index is 0.0820. The van der Waals surface area contributed by atoms with Gasteiger partial charge in [0, 0.05) is 43.0 Å². The lowest BCUT2D eigenvalue weighted by molar-refractivity contribution is 0.0743. The Kier molecular flexibility index (Phi) is 6.31. The number of anilines is 1. The number of nitriles is 1. The molecule has 0 bridgehead atoms. The van der Waals surface area contributed by atoms with Crippen LogP contribution in [0.4, 0.5) is 5.82 Å². The van der Waals surface area contributed by atoms with Crippen molar-refractivity contribution in [1.82, 2.24) is 9.88 Å². The standard InChI is InChI=1S/C24H22N4OS/c25-17-19-8-10-20(11-9-19)18-30-22-6-2-1-5-21(22)24(29)28-15-13-27(14-16-28)23-7-3-4-12-26-23/h1-12H,13-16,18H2. The highest BCUT2D eigenvalue weighted by atomic mass is 32.2. The van der Waals surface area contributed by atoms with E-state index in [9.17, 15) is 4.79 Å². The molecule has 0 atom stereocenters. The summed E-state index contributed by atoms with van der Waals surface area (Å²) in [4.78, 5) is 22.7. The van der Waals surface area contributed by atoms with Crippen LogP contribution in [0, 0.1) is 11.3 Å². The number of thioether (sulfide) groups is 1. The number of benzene rings is 2. The first kappa shape index (κ1) is 20.0. The zero-order valence-corrected chi connectivity index (χ0v) is 17.4. The van der Waals surface area contributed by atoms with Gasteiger partial charge in [-0.3, -0.25) is 4.79 Å². The minimum Gasteiger partial charge on any atom is -0.353 e. The van der Waals surface area contributed by atoms with Gasteiger partial charge in [0.25, 0.3) is 5.91 Å². The molecule has 4 rings (SSSR count). The Morgan fingerprint density at radius 2 is 1.70 bits per heavy atom. The number of rotatable bonds is 5. The van der Waals surface area contributed by atoms with Gasteiger partial charge in [0.15, 0.2) is 0 Å². The van der Waals surface area contributed by atoms with Crippen molar-refractivity contribution in [2.45, 2.75) is 10.6 Å². The molecule has 0 radical (unpaired) electrons. The van der Waals surface area contributed by atoms with Crippen molar-refractivity contribution < 1.29 is 4.79 Å². The first-order valence-electron chi connectivity index (χ1n) is 9.91. The molecule has 1 fully saturated rings. The monoisotopic (exact) mass is 414 g/mol. The quantitative estimate of drug-likeness (QED) is 0.586. The summed E-state index contributed by atoms with van der Waals surface area (Å²) < 4.78 is 0. The van der Waals surface area contributed by atoms with Crippen LogP contribution in [0.5, 0.6) is 0 Å². The number of carbonyl (C=O) groups is 1. The SMILES string of the molecule is N#Cc1ccc(CSc2ccccc2C(=O)N2CCN(c3ccccn3)CC2)cc1. The van der Waals surface area contributed by atoms with Crippen LogP contribution < -0.4 is 4.90 Å². The molecule has 1 aromatic heterocycles. The summed E-state index contributed by atoms with van der Waals surface area (Å²) in [6.45, 7) is 2.93. The molecular formula is C24H22N4OS. The van der Waals surface area contributed by atoms with E-state index in [0.717, 1.165) is 40.7 Å². The first-order chi connectivity index (χ1) is 14.7. The molecule has 1 saturated heterocycles. The van der Waals surface area contributed by atoms with Gasteiger partial charge in [0.2, 0.25) is 0 Å². The second-order valence-corrected chi connectivity index (χ2v) is 8.08. The molecular weight excluding hydrogens is 392 g/mol. The molecule has 150 valence electrons. The van der Waals surface area contributed by atoms with Gasteiger partial charge in [-0.25, -0.2) is 4.98 Å². The molecule has 0 unspecified atom stereocenters. The molecule has 1 amide bonds.